The molecule has 0 amide bonds. The van der Waals surface area contributed by atoms with Gasteiger partial charge in [0.05, 0.1) is 17.9 Å². The van der Waals surface area contributed by atoms with Gasteiger partial charge in [0.15, 0.2) is 5.78 Å². The van der Waals surface area contributed by atoms with Gasteiger partial charge in [-0.1, -0.05) is 55.5 Å². The Morgan fingerprint density at radius 2 is 1.46 bits per heavy atom. The molecule has 26 heavy (non-hydrogen) atoms. The fourth-order valence-corrected chi connectivity index (χ4v) is 6.58. The van der Waals surface area contributed by atoms with E-state index in [-0.39, 0.29) is 29.8 Å². The molecule has 0 heterocycles. The highest BCUT2D eigenvalue weighted by molar-refractivity contribution is 6.06. The number of carbonyl (C=O) groups is 1. The lowest BCUT2D eigenvalue weighted by atomic mass is 9.78. The van der Waals surface area contributed by atoms with Crippen molar-refractivity contribution in [3.8, 4) is 0 Å². The fraction of sp³-hybridized carbons (Fsp3) is 0.292. The first-order valence-corrected chi connectivity index (χ1v) is 9.57. The first kappa shape index (κ1) is 13.7. The molecule has 0 fully saturated rings. The molecule has 2 nitrogen and oxygen atoms in total. The van der Waals surface area contributed by atoms with Crippen LogP contribution in [0, 0.1) is 5.92 Å². The summed E-state index contributed by atoms with van der Waals surface area (Å²) < 4.78 is 0. The molecule has 0 radical (unpaired) electrons. The largest absolute Gasteiger partial charge is 0.391 e. The molecule has 7 rings (SSSR count). The van der Waals surface area contributed by atoms with E-state index >= 15 is 0 Å². The van der Waals surface area contributed by atoms with E-state index in [2.05, 4.69) is 43.3 Å². The topological polar surface area (TPSA) is 37.3 Å². The number of allylic oxidation sites excluding steroid dienone is 2. The third-order valence-corrected chi connectivity index (χ3v) is 7.51. The maximum absolute atomic E-state index is 13.0. The van der Waals surface area contributed by atoms with Crippen molar-refractivity contribution in [2.45, 2.75) is 36.7 Å². The second-order valence-corrected chi connectivity index (χ2v) is 8.51. The second-order valence-electron chi connectivity index (χ2n) is 8.51. The smallest absolute Gasteiger partial charge is 0.156 e. The van der Waals surface area contributed by atoms with Crippen molar-refractivity contribution in [3.63, 3.8) is 0 Å². The number of rotatable bonds is 0. The van der Waals surface area contributed by atoms with Gasteiger partial charge in [0, 0.05) is 11.8 Å². The monoisotopic (exact) mass is 338 g/mol. The molecule has 0 aliphatic heterocycles. The van der Waals surface area contributed by atoms with Gasteiger partial charge in [0.2, 0.25) is 0 Å². The van der Waals surface area contributed by atoms with E-state index in [9.17, 15) is 9.90 Å². The van der Waals surface area contributed by atoms with Crippen molar-refractivity contribution in [2.24, 2.45) is 5.92 Å². The molecule has 0 spiro atoms. The summed E-state index contributed by atoms with van der Waals surface area (Å²) in [6, 6.07) is 12.8. The minimum absolute atomic E-state index is 0.0969. The number of ketones is 1. The standard InChI is InChI=1S/C24H18O2/c1-10-6-7-13-18(10)22-17-9-15-14(8-16(17)21(13)24(22)26)19-11-4-2-3-5-12(11)20(15)23(19)25/h2-10,19-22,24,26H,1H3. The molecular formula is C24H18O2. The Morgan fingerprint density at radius 3 is 2.12 bits per heavy atom. The molecule has 2 aromatic carbocycles. The minimum Gasteiger partial charge on any atom is -0.391 e. The molecular weight excluding hydrogens is 320 g/mol. The molecule has 0 aromatic heterocycles. The molecule has 0 saturated carbocycles. The Morgan fingerprint density at radius 1 is 0.846 bits per heavy atom. The van der Waals surface area contributed by atoms with Crippen LogP contribution in [0.1, 0.15) is 64.0 Å². The van der Waals surface area contributed by atoms with Crippen molar-refractivity contribution in [2.75, 3.05) is 0 Å². The Bertz CT molecular complexity index is 1120. The predicted octanol–water partition coefficient (Wildman–Crippen LogP) is 3.90. The van der Waals surface area contributed by atoms with Gasteiger partial charge in [-0.2, -0.15) is 0 Å². The summed E-state index contributed by atoms with van der Waals surface area (Å²) in [6.45, 7) is 2.22. The van der Waals surface area contributed by atoms with Crippen LogP contribution < -0.4 is 0 Å². The highest BCUT2D eigenvalue weighted by Gasteiger charge is 2.55. The third-order valence-electron chi connectivity index (χ3n) is 7.51. The van der Waals surface area contributed by atoms with E-state index in [1.807, 2.05) is 12.1 Å². The van der Waals surface area contributed by atoms with E-state index < -0.39 is 0 Å². The van der Waals surface area contributed by atoms with Gasteiger partial charge in [0.25, 0.3) is 0 Å². The SMILES string of the molecule is CC1C=CC2=C1C1c3cc4c(cc3C2C1O)C1C(=O)C4c2ccccc21. The number of carbonyl (C=O) groups excluding carboxylic acids is 1. The van der Waals surface area contributed by atoms with Crippen LogP contribution in [0.5, 0.6) is 0 Å². The number of aliphatic hydroxyl groups is 1. The van der Waals surface area contributed by atoms with E-state index in [1.54, 1.807) is 0 Å². The van der Waals surface area contributed by atoms with Crippen molar-refractivity contribution < 1.29 is 9.90 Å². The Balaban J connectivity index is 1.47. The zero-order chi connectivity index (χ0) is 17.3. The summed E-state index contributed by atoms with van der Waals surface area (Å²) in [5.41, 5.74) is 10.0. The summed E-state index contributed by atoms with van der Waals surface area (Å²) in [5, 5.41) is 11.0. The Labute approximate surface area is 151 Å². The second kappa shape index (κ2) is 4.10. The van der Waals surface area contributed by atoms with Gasteiger partial charge in [-0.15, -0.1) is 0 Å². The Kier molecular flexibility index (Phi) is 2.16. The zero-order valence-electron chi connectivity index (χ0n) is 14.4. The van der Waals surface area contributed by atoms with Crippen molar-refractivity contribution in [1.82, 2.24) is 0 Å². The zero-order valence-corrected chi connectivity index (χ0v) is 14.4. The summed E-state index contributed by atoms with van der Waals surface area (Å²) >= 11 is 0. The summed E-state index contributed by atoms with van der Waals surface area (Å²) in [6.07, 6.45) is 4.15. The minimum atomic E-state index is -0.333. The van der Waals surface area contributed by atoms with E-state index in [1.165, 1.54) is 44.5 Å². The van der Waals surface area contributed by atoms with E-state index in [0.29, 0.717) is 11.7 Å². The number of fused-ring (bicyclic) bond motifs is 15. The molecule has 126 valence electrons. The lowest BCUT2D eigenvalue weighted by Crippen LogP contribution is -2.14. The quantitative estimate of drug-likeness (QED) is 0.791. The van der Waals surface area contributed by atoms with Gasteiger partial charge in [0.1, 0.15) is 0 Å². The van der Waals surface area contributed by atoms with Crippen molar-refractivity contribution in [1.29, 1.82) is 0 Å². The lowest BCUT2D eigenvalue weighted by Gasteiger charge is -2.24. The normalized spacial score (nSPS) is 36.6. The average molecular weight is 338 g/mol. The molecule has 2 aromatic rings. The number of Topliss-reactive ketones (excluding diaryl/α,β-unsaturated/α-hetero) is 1. The van der Waals surface area contributed by atoms with Crippen molar-refractivity contribution >= 4 is 5.78 Å². The molecule has 6 unspecified atom stereocenters. The molecule has 6 atom stereocenters. The van der Waals surface area contributed by atoms with Crippen LogP contribution in [0.25, 0.3) is 0 Å². The number of benzene rings is 2. The highest BCUT2D eigenvalue weighted by Crippen LogP contribution is 2.63. The van der Waals surface area contributed by atoms with Crippen LogP contribution >= 0.6 is 0 Å². The molecule has 2 heteroatoms. The van der Waals surface area contributed by atoms with E-state index in [4.69, 9.17) is 0 Å². The summed E-state index contributed by atoms with van der Waals surface area (Å²) in [4.78, 5) is 13.0. The molecule has 5 aliphatic rings. The first-order chi connectivity index (χ1) is 12.7. The van der Waals surface area contributed by atoms with Crippen LogP contribution in [-0.2, 0) is 4.79 Å². The number of hydrogen-bond donors (Lipinski definition) is 1. The van der Waals surface area contributed by atoms with Crippen LogP contribution in [0.4, 0.5) is 0 Å². The molecule has 1 N–H and O–H groups in total. The molecule has 4 bridgehead atoms. The van der Waals surface area contributed by atoms with Gasteiger partial charge in [-0.25, -0.2) is 0 Å². The molecule has 5 aliphatic carbocycles. The average Bonchev–Trinajstić information content (AvgIpc) is 3.37. The van der Waals surface area contributed by atoms with Gasteiger partial charge in [-0.3, -0.25) is 4.79 Å². The maximum Gasteiger partial charge on any atom is 0.156 e. The maximum atomic E-state index is 13.0. The fourth-order valence-electron chi connectivity index (χ4n) is 6.58. The third kappa shape index (κ3) is 1.24. The van der Waals surface area contributed by atoms with Gasteiger partial charge in [-0.05, 0) is 50.4 Å². The highest BCUT2D eigenvalue weighted by atomic mass is 16.3. The first-order valence-electron chi connectivity index (χ1n) is 9.57. The van der Waals surface area contributed by atoms with Gasteiger partial charge < -0.3 is 5.11 Å². The predicted molar refractivity (Wildman–Crippen MR) is 98.4 cm³/mol. The number of hydrogen-bond acceptors (Lipinski definition) is 2. The lowest BCUT2D eigenvalue weighted by molar-refractivity contribution is -0.118. The van der Waals surface area contributed by atoms with Crippen molar-refractivity contribution in [3.05, 3.63) is 93.1 Å². The number of aliphatic hydroxyl groups excluding tert-OH is 1. The van der Waals surface area contributed by atoms with Crippen LogP contribution in [0.2, 0.25) is 0 Å². The van der Waals surface area contributed by atoms with Crippen LogP contribution in [0.3, 0.4) is 0 Å². The van der Waals surface area contributed by atoms with E-state index in [0.717, 1.165) is 0 Å². The summed E-state index contributed by atoms with van der Waals surface area (Å²) in [7, 11) is 0. The van der Waals surface area contributed by atoms with Crippen LogP contribution in [-0.4, -0.2) is 17.0 Å². The summed E-state index contributed by atoms with van der Waals surface area (Å²) in [5.74, 6) is 0.770. The molecule has 0 saturated heterocycles. The van der Waals surface area contributed by atoms with Gasteiger partial charge >= 0.3 is 0 Å². The Hall–Kier alpha value is -2.45. The van der Waals surface area contributed by atoms with Crippen LogP contribution in [0.15, 0.2) is 59.7 Å².